The molecule has 3 aliphatic rings. The second-order valence-electron chi connectivity index (χ2n) is 13.3. The van der Waals surface area contributed by atoms with E-state index in [1.165, 1.54) is 32.8 Å². The molecule has 0 atom stereocenters. The molecule has 5 nitrogen and oxygen atoms in total. The first-order valence-electron chi connectivity index (χ1n) is 17.4. The van der Waals surface area contributed by atoms with Gasteiger partial charge in [-0.05, 0) is 59.5 Å². The van der Waals surface area contributed by atoms with Crippen LogP contribution in [0.4, 0.5) is 34.1 Å². The zero-order valence-corrected chi connectivity index (χ0v) is 27.5. The van der Waals surface area contributed by atoms with Crippen molar-refractivity contribution in [1.82, 2.24) is 9.97 Å². The van der Waals surface area contributed by atoms with Crippen LogP contribution in [0.1, 0.15) is 0 Å². The topological polar surface area (TPSA) is 41.5 Å². The second-order valence-corrected chi connectivity index (χ2v) is 13.3. The van der Waals surface area contributed by atoms with Crippen molar-refractivity contribution in [2.45, 2.75) is 0 Å². The van der Waals surface area contributed by atoms with Gasteiger partial charge in [0.1, 0.15) is 5.52 Å². The summed E-state index contributed by atoms with van der Waals surface area (Å²) in [6.45, 7) is 0.0252. The Kier molecular flexibility index (Phi) is 6.07. The average Bonchev–Trinajstić information content (AvgIpc) is 3.20. The number of aromatic nitrogens is 2. The summed E-state index contributed by atoms with van der Waals surface area (Å²) in [5.41, 5.74) is 15.6. The number of hydrogen-bond donors (Lipinski definition) is 0. The molecule has 0 saturated heterocycles. The van der Waals surface area contributed by atoms with Crippen LogP contribution in [-0.4, -0.2) is 23.4 Å². The molecule has 3 aliphatic heterocycles. The number of nitrogens with zero attached hydrogens (tertiary/aromatic N) is 4. The number of fused-ring (bicyclic) bond motifs is 8. The lowest BCUT2D eigenvalue weighted by Crippen LogP contribution is -2.76. The second kappa shape index (κ2) is 11.0. The van der Waals surface area contributed by atoms with Gasteiger partial charge in [-0.1, -0.05) is 131 Å². The van der Waals surface area contributed by atoms with Gasteiger partial charge in [0.05, 0.1) is 28.3 Å². The number of hydrogen-bond acceptors (Lipinski definition) is 5. The smallest absolute Gasteiger partial charge is 0.245 e. The van der Waals surface area contributed by atoms with Gasteiger partial charge < -0.3 is 14.5 Å². The maximum absolute atomic E-state index is 7.19. The molecule has 11 rings (SSSR count). The predicted octanol–water partition coefficient (Wildman–Crippen LogP) is 6.33. The van der Waals surface area contributed by atoms with E-state index in [4.69, 9.17) is 14.7 Å². The highest BCUT2D eigenvalue weighted by molar-refractivity contribution is 7.12. The molecule has 8 aromatic rings. The van der Waals surface area contributed by atoms with Crippen molar-refractivity contribution in [3.63, 3.8) is 0 Å². The Bertz CT molecular complexity index is 2650. The summed E-state index contributed by atoms with van der Waals surface area (Å²) in [4.78, 5) is 14.3. The van der Waals surface area contributed by atoms with E-state index in [0.29, 0.717) is 0 Å². The van der Waals surface area contributed by atoms with Crippen molar-refractivity contribution in [2.75, 3.05) is 9.80 Å². The van der Waals surface area contributed by atoms with Crippen LogP contribution in [0.3, 0.4) is 0 Å². The molecule has 0 saturated carbocycles. The quantitative estimate of drug-likeness (QED) is 0.209. The molecule has 7 heteroatoms. The van der Waals surface area contributed by atoms with Crippen LogP contribution in [0.15, 0.2) is 170 Å². The van der Waals surface area contributed by atoms with E-state index in [9.17, 15) is 0 Å². The normalized spacial score (nSPS) is 13.5. The summed E-state index contributed by atoms with van der Waals surface area (Å²) in [7, 11) is 0. The molecule has 236 valence electrons. The number of para-hydroxylation sites is 5. The van der Waals surface area contributed by atoms with Crippen molar-refractivity contribution in [1.29, 1.82) is 0 Å². The van der Waals surface area contributed by atoms with Gasteiger partial charge in [0.25, 0.3) is 0 Å². The van der Waals surface area contributed by atoms with E-state index in [1.807, 2.05) is 12.1 Å². The first kappa shape index (κ1) is 28.3. The fraction of sp³-hybridized carbons (Fsp3) is 0. The van der Waals surface area contributed by atoms with Gasteiger partial charge in [-0.15, -0.1) is 0 Å². The zero-order valence-electron chi connectivity index (χ0n) is 27.5. The Labute approximate surface area is 296 Å². The molecule has 0 N–H and O–H groups in total. The van der Waals surface area contributed by atoms with Crippen molar-refractivity contribution in [2.24, 2.45) is 0 Å². The Balaban J connectivity index is 1.32. The van der Waals surface area contributed by atoms with Crippen LogP contribution in [0, 0.1) is 0 Å². The van der Waals surface area contributed by atoms with Gasteiger partial charge in [-0.3, -0.25) is 9.97 Å². The van der Waals surface area contributed by atoms with E-state index >= 15 is 0 Å². The lowest BCUT2D eigenvalue weighted by molar-refractivity contribution is 0.478. The Morgan fingerprint density at radius 1 is 0.471 bits per heavy atom. The van der Waals surface area contributed by atoms with E-state index in [2.05, 4.69) is 155 Å². The fourth-order valence-electron chi connectivity index (χ4n) is 8.68. The highest BCUT2D eigenvalue weighted by Crippen LogP contribution is 2.56. The minimum absolute atomic E-state index is 0.00640. The minimum Gasteiger partial charge on any atom is -0.451 e. The minimum atomic E-state index is 0.00640. The zero-order chi connectivity index (χ0) is 33.5. The van der Waals surface area contributed by atoms with Crippen molar-refractivity contribution in [3.05, 3.63) is 170 Å². The largest absolute Gasteiger partial charge is 0.451 e. The summed E-state index contributed by atoms with van der Waals surface area (Å²) >= 11 is 0. The molecule has 0 aliphatic carbocycles. The standard InChI is InChI=1S/C44H28B2N4O/c1-3-14-29(15-4-1)45-31-18-7-8-19-32(31)46-33-20-9-10-22-36(33)49(30-16-5-2-6-17-30)43-41(46)34(45)28-39-44(43)51-40-25-12-11-23-37(40)50(39)38-24-13-21-35-42(38)48-27-26-47-35/h1-28H. The van der Waals surface area contributed by atoms with Gasteiger partial charge in [0, 0.05) is 23.8 Å². The predicted molar refractivity (Wildman–Crippen MR) is 211 cm³/mol. The lowest BCUT2D eigenvalue weighted by atomic mass is 9.20. The summed E-state index contributed by atoms with van der Waals surface area (Å²) in [5, 5.41) is 0. The van der Waals surface area contributed by atoms with Crippen molar-refractivity contribution >= 4 is 91.4 Å². The molecule has 0 bridgehead atoms. The third-order valence-electron chi connectivity index (χ3n) is 10.7. The molecular formula is C44H28B2N4O. The van der Waals surface area contributed by atoms with E-state index in [0.717, 1.165) is 56.7 Å². The molecular weight excluding hydrogens is 622 g/mol. The van der Waals surface area contributed by atoms with Crippen LogP contribution in [-0.2, 0) is 0 Å². The van der Waals surface area contributed by atoms with Crippen LogP contribution < -0.4 is 47.3 Å². The summed E-state index contributed by atoms with van der Waals surface area (Å²) in [5.74, 6) is 1.62. The number of ether oxygens (including phenoxy) is 1. The molecule has 51 heavy (non-hydrogen) atoms. The molecule has 0 amide bonds. The number of benzene rings is 7. The van der Waals surface area contributed by atoms with E-state index < -0.39 is 0 Å². The highest BCUT2D eigenvalue weighted by atomic mass is 16.5. The van der Waals surface area contributed by atoms with Crippen LogP contribution in [0.2, 0.25) is 0 Å². The molecule has 4 heterocycles. The number of rotatable bonds is 3. The monoisotopic (exact) mass is 650 g/mol. The van der Waals surface area contributed by atoms with Crippen molar-refractivity contribution < 1.29 is 4.74 Å². The van der Waals surface area contributed by atoms with Crippen LogP contribution in [0.25, 0.3) is 11.0 Å². The third kappa shape index (κ3) is 4.06. The molecule has 1 aromatic heterocycles. The van der Waals surface area contributed by atoms with Gasteiger partial charge in [-0.25, -0.2) is 0 Å². The van der Waals surface area contributed by atoms with Gasteiger partial charge in [-0.2, -0.15) is 0 Å². The molecule has 7 aromatic carbocycles. The van der Waals surface area contributed by atoms with Crippen LogP contribution >= 0.6 is 0 Å². The Hall–Kier alpha value is -6.59. The maximum Gasteiger partial charge on any atom is 0.245 e. The maximum atomic E-state index is 7.19. The highest BCUT2D eigenvalue weighted by Gasteiger charge is 2.48. The average molecular weight is 650 g/mol. The first-order valence-corrected chi connectivity index (χ1v) is 17.4. The summed E-state index contributed by atoms with van der Waals surface area (Å²) in [6.07, 6.45) is 3.53. The van der Waals surface area contributed by atoms with E-state index in [1.54, 1.807) is 12.4 Å². The molecule has 0 fully saturated rings. The van der Waals surface area contributed by atoms with Crippen molar-refractivity contribution in [3.8, 4) is 11.5 Å². The van der Waals surface area contributed by atoms with Gasteiger partial charge >= 0.3 is 0 Å². The Morgan fingerprint density at radius 2 is 1.12 bits per heavy atom. The third-order valence-corrected chi connectivity index (χ3v) is 10.7. The van der Waals surface area contributed by atoms with Gasteiger partial charge in [0.2, 0.25) is 13.4 Å². The van der Waals surface area contributed by atoms with Crippen LogP contribution in [0.5, 0.6) is 11.5 Å². The lowest BCUT2D eigenvalue weighted by Gasteiger charge is -2.45. The number of anilines is 6. The summed E-state index contributed by atoms with van der Waals surface area (Å²) < 4.78 is 7.19. The molecule has 0 spiro atoms. The molecule has 0 radical (unpaired) electrons. The van der Waals surface area contributed by atoms with E-state index in [-0.39, 0.29) is 13.4 Å². The SMILES string of the molecule is c1ccc(B2c3ccccc3B3c4ccccc4N(c4ccccc4)c4c5c(cc2c43)N(c2cccc3nccnc23)c2ccccc2O5)cc1. The fourth-order valence-corrected chi connectivity index (χ4v) is 8.68. The molecule has 0 unspecified atom stereocenters. The Morgan fingerprint density at radius 3 is 1.94 bits per heavy atom. The summed E-state index contributed by atoms with van der Waals surface area (Å²) in [6, 6.07) is 56.5. The first-order chi connectivity index (χ1) is 25.3. The van der Waals surface area contributed by atoms with Gasteiger partial charge in [0.15, 0.2) is 11.5 Å².